The minimum atomic E-state index is -1.51. The molecule has 0 unspecified atom stereocenters. The Balaban J connectivity index is 1.54. The molecule has 0 saturated carbocycles. The molecule has 0 aromatic heterocycles. The number of anilines is 2. The molecule has 3 aliphatic heterocycles. The second kappa shape index (κ2) is 9.49. The smallest absolute Gasteiger partial charge is 0.270 e. The van der Waals surface area contributed by atoms with Crippen molar-refractivity contribution in [2.24, 2.45) is 5.92 Å². The summed E-state index contributed by atoms with van der Waals surface area (Å²) in [7, 11) is 0. The zero-order chi connectivity index (χ0) is 29.2. The maximum absolute atomic E-state index is 14.8. The molecule has 1 saturated heterocycles. The normalized spacial score (nSPS) is 23.2. The van der Waals surface area contributed by atoms with Crippen molar-refractivity contribution < 1.29 is 19.3 Å². The molecule has 206 valence electrons. The van der Waals surface area contributed by atoms with Gasteiger partial charge in [-0.1, -0.05) is 84.4 Å². The Morgan fingerprint density at radius 2 is 1.62 bits per heavy atom. The Labute approximate surface area is 245 Å². The van der Waals surface area contributed by atoms with E-state index < -0.39 is 40.0 Å². The van der Waals surface area contributed by atoms with Crippen LogP contribution in [0.4, 0.5) is 17.1 Å². The number of ketones is 2. The lowest BCUT2D eigenvalue weighted by molar-refractivity contribution is -0.384. The van der Waals surface area contributed by atoms with Crippen LogP contribution in [0.25, 0.3) is 6.08 Å². The first-order valence-corrected chi connectivity index (χ1v) is 13.7. The van der Waals surface area contributed by atoms with Crippen LogP contribution in [0.2, 0.25) is 5.02 Å². The van der Waals surface area contributed by atoms with Crippen molar-refractivity contribution in [3.05, 3.63) is 141 Å². The van der Waals surface area contributed by atoms with E-state index in [1.54, 1.807) is 72.8 Å². The Morgan fingerprint density at radius 3 is 2.40 bits per heavy atom. The summed E-state index contributed by atoms with van der Waals surface area (Å²) in [5, 5.41) is 15.1. The zero-order valence-corrected chi connectivity index (χ0v) is 22.7. The van der Waals surface area contributed by atoms with Crippen LogP contribution < -0.4 is 10.2 Å². The van der Waals surface area contributed by atoms with Gasteiger partial charge in [0.15, 0.2) is 11.6 Å². The van der Waals surface area contributed by atoms with E-state index in [2.05, 4.69) is 5.32 Å². The van der Waals surface area contributed by atoms with Crippen molar-refractivity contribution in [1.82, 2.24) is 0 Å². The SMILES string of the molecule is O=C(c1ccccc1)[C@@H]1[C@H](C(=O)c2cccc([N+](=O)[O-])c2)[C@@]2(C(=O)Nc3ccccc32)[C@H]2C=Cc3cc(Cl)ccc3N12. The number of hydrogen-bond donors (Lipinski definition) is 1. The summed E-state index contributed by atoms with van der Waals surface area (Å²) in [6, 6.07) is 24.7. The summed E-state index contributed by atoms with van der Waals surface area (Å²) in [6.07, 6.45) is 3.72. The number of nitrogens with zero attached hydrogens (tertiary/aromatic N) is 2. The van der Waals surface area contributed by atoms with Crippen molar-refractivity contribution in [3.8, 4) is 0 Å². The summed E-state index contributed by atoms with van der Waals surface area (Å²) in [5.41, 5.74) is 1.22. The van der Waals surface area contributed by atoms with Gasteiger partial charge in [0.05, 0.1) is 16.9 Å². The molecule has 42 heavy (non-hydrogen) atoms. The van der Waals surface area contributed by atoms with Crippen molar-refractivity contribution in [2.75, 3.05) is 10.2 Å². The molecule has 1 N–H and O–H groups in total. The highest BCUT2D eigenvalue weighted by Gasteiger charge is 2.70. The van der Waals surface area contributed by atoms with E-state index in [0.29, 0.717) is 27.5 Å². The molecule has 9 heteroatoms. The van der Waals surface area contributed by atoms with Gasteiger partial charge < -0.3 is 10.2 Å². The van der Waals surface area contributed by atoms with Crippen LogP contribution in [0.3, 0.4) is 0 Å². The van der Waals surface area contributed by atoms with Gasteiger partial charge in [-0.2, -0.15) is 0 Å². The highest BCUT2D eigenvalue weighted by Crippen LogP contribution is 2.58. The Morgan fingerprint density at radius 1 is 0.881 bits per heavy atom. The number of para-hydroxylation sites is 1. The Kier molecular flexibility index (Phi) is 5.85. The van der Waals surface area contributed by atoms with Gasteiger partial charge in [-0.05, 0) is 35.4 Å². The van der Waals surface area contributed by atoms with E-state index in [4.69, 9.17) is 11.6 Å². The molecule has 4 aromatic carbocycles. The first-order valence-electron chi connectivity index (χ1n) is 13.4. The van der Waals surface area contributed by atoms with Gasteiger partial charge in [-0.25, -0.2) is 0 Å². The van der Waals surface area contributed by atoms with Crippen molar-refractivity contribution >= 4 is 52.2 Å². The van der Waals surface area contributed by atoms with Crippen LogP contribution in [0.5, 0.6) is 0 Å². The number of carbonyl (C=O) groups is 3. The molecule has 3 heterocycles. The van der Waals surface area contributed by atoms with E-state index in [1.807, 2.05) is 17.1 Å². The van der Waals surface area contributed by atoms with Crippen LogP contribution in [-0.4, -0.2) is 34.5 Å². The highest BCUT2D eigenvalue weighted by atomic mass is 35.5. The number of non-ortho nitro benzene ring substituents is 1. The number of benzene rings is 4. The molecule has 7 rings (SSSR count). The fourth-order valence-electron chi connectivity index (χ4n) is 6.88. The van der Waals surface area contributed by atoms with Crippen LogP contribution in [0.1, 0.15) is 31.8 Å². The summed E-state index contributed by atoms with van der Waals surface area (Å²) >= 11 is 6.33. The lowest BCUT2D eigenvalue weighted by atomic mass is 9.64. The third-order valence-electron chi connectivity index (χ3n) is 8.55. The maximum Gasteiger partial charge on any atom is 0.270 e. The molecule has 1 fully saturated rings. The van der Waals surface area contributed by atoms with Gasteiger partial charge in [0.1, 0.15) is 11.5 Å². The van der Waals surface area contributed by atoms with Crippen LogP contribution in [0.15, 0.2) is 103 Å². The van der Waals surface area contributed by atoms with E-state index in [1.165, 1.54) is 24.3 Å². The first-order chi connectivity index (χ1) is 20.3. The van der Waals surface area contributed by atoms with E-state index in [-0.39, 0.29) is 17.0 Å². The van der Waals surface area contributed by atoms with E-state index in [9.17, 15) is 24.5 Å². The second-order valence-corrected chi connectivity index (χ2v) is 11.0. The third-order valence-corrected chi connectivity index (χ3v) is 8.78. The lowest BCUT2D eigenvalue weighted by Gasteiger charge is -2.37. The number of Topliss-reactive ketones (excluding diaryl/α,β-unsaturated/α-hetero) is 2. The molecular formula is C33H22ClN3O5. The van der Waals surface area contributed by atoms with E-state index >= 15 is 0 Å². The number of carbonyl (C=O) groups excluding carboxylic acids is 3. The number of nitro benzene ring substituents is 1. The third kappa shape index (κ3) is 3.58. The fourth-order valence-corrected chi connectivity index (χ4v) is 7.06. The molecule has 0 radical (unpaired) electrons. The molecule has 3 aliphatic rings. The van der Waals surface area contributed by atoms with Crippen LogP contribution in [0, 0.1) is 16.0 Å². The van der Waals surface area contributed by atoms with Gasteiger partial charge in [0.2, 0.25) is 5.91 Å². The summed E-state index contributed by atoms with van der Waals surface area (Å²) in [5.74, 6) is -2.51. The average Bonchev–Trinajstić information content (AvgIpc) is 3.49. The summed E-state index contributed by atoms with van der Waals surface area (Å²) in [4.78, 5) is 56.6. The number of nitro groups is 1. The largest absolute Gasteiger partial charge is 0.352 e. The van der Waals surface area contributed by atoms with Gasteiger partial charge in [0, 0.05) is 39.7 Å². The molecule has 0 aliphatic carbocycles. The molecule has 0 bridgehead atoms. The minimum absolute atomic E-state index is 0.0526. The fraction of sp³-hybridized carbons (Fsp3) is 0.121. The first kappa shape index (κ1) is 25.9. The summed E-state index contributed by atoms with van der Waals surface area (Å²) in [6.45, 7) is 0. The zero-order valence-electron chi connectivity index (χ0n) is 21.9. The molecule has 4 atom stereocenters. The average molecular weight is 576 g/mol. The van der Waals surface area contributed by atoms with Gasteiger partial charge in [-0.15, -0.1) is 0 Å². The predicted molar refractivity (Wildman–Crippen MR) is 159 cm³/mol. The Hall–Kier alpha value is -5.08. The number of hydrogen-bond acceptors (Lipinski definition) is 6. The predicted octanol–water partition coefficient (Wildman–Crippen LogP) is 6.10. The Bertz CT molecular complexity index is 1860. The topological polar surface area (TPSA) is 110 Å². The number of amides is 1. The van der Waals surface area contributed by atoms with Crippen LogP contribution >= 0.6 is 11.6 Å². The quantitative estimate of drug-likeness (QED) is 0.175. The second-order valence-electron chi connectivity index (χ2n) is 10.6. The summed E-state index contributed by atoms with van der Waals surface area (Å²) < 4.78 is 0. The highest BCUT2D eigenvalue weighted by molar-refractivity contribution is 6.31. The van der Waals surface area contributed by atoms with Crippen molar-refractivity contribution in [2.45, 2.75) is 17.5 Å². The maximum atomic E-state index is 14.8. The monoisotopic (exact) mass is 575 g/mol. The van der Waals surface area contributed by atoms with Crippen molar-refractivity contribution in [3.63, 3.8) is 0 Å². The standard InChI is InChI=1S/C33H22ClN3O5/c34-22-14-15-26-20(17-22)13-16-27-33(24-11-4-5-12-25(24)35-32(33)40)28(30(38)21-9-6-10-23(18-21)37(41)42)29(36(26)27)31(39)19-7-2-1-3-8-19/h1-18,27-29H,(H,35,40)/t27-,28-,29+,33+/m1/s1. The number of halogens is 1. The van der Waals surface area contributed by atoms with Gasteiger partial charge in [-0.3, -0.25) is 24.5 Å². The minimum Gasteiger partial charge on any atom is -0.352 e. The molecule has 4 aromatic rings. The van der Waals surface area contributed by atoms with Gasteiger partial charge >= 0.3 is 0 Å². The molecule has 8 nitrogen and oxygen atoms in total. The number of rotatable bonds is 5. The molecule has 1 spiro atoms. The number of fused-ring (bicyclic) bond motifs is 6. The molecule has 1 amide bonds. The lowest BCUT2D eigenvalue weighted by Crippen LogP contribution is -2.51. The van der Waals surface area contributed by atoms with E-state index in [0.717, 1.165) is 5.56 Å². The number of nitrogens with one attached hydrogen (secondary N) is 1. The molecular weight excluding hydrogens is 554 g/mol. The van der Waals surface area contributed by atoms with Crippen LogP contribution in [-0.2, 0) is 10.2 Å². The van der Waals surface area contributed by atoms with Crippen molar-refractivity contribution in [1.29, 1.82) is 0 Å². The van der Waals surface area contributed by atoms with Gasteiger partial charge in [0.25, 0.3) is 5.69 Å².